The molecule has 1 aliphatic heterocycles. The largest absolute Gasteiger partial charge is 0.465 e. The standard InChI is InChI=1S/C13H21F3N2O3/c1-4-21-10(19)7-18(9(2)3)11(20)12(13(14,15)16)5-6-17-8-12/h9,17H,4-8H2,1-3H3. The second kappa shape index (κ2) is 6.64. The van der Waals surface area contributed by atoms with Crippen LogP contribution >= 0.6 is 0 Å². The van der Waals surface area contributed by atoms with Gasteiger partial charge in [0.05, 0.1) is 6.61 Å². The lowest BCUT2D eigenvalue weighted by Crippen LogP contribution is -2.56. The molecule has 1 saturated heterocycles. The highest BCUT2D eigenvalue weighted by Crippen LogP contribution is 2.44. The van der Waals surface area contributed by atoms with Crippen molar-refractivity contribution in [3.05, 3.63) is 0 Å². The molecule has 1 atom stereocenters. The predicted octanol–water partition coefficient (Wildman–Crippen LogP) is 1.33. The molecule has 1 fully saturated rings. The Morgan fingerprint density at radius 3 is 2.38 bits per heavy atom. The molecule has 0 bridgehead atoms. The summed E-state index contributed by atoms with van der Waals surface area (Å²) in [7, 11) is 0. The Balaban J connectivity index is 3.01. The van der Waals surface area contributed by atoms with Crippen LogP contribution in [-0.2, 0) is 14.3 Å². The van der Waals surface area contributed by atoms with Gasteiger partial charge in [-0.25, -0.2) is 0 Å². The highest BCUT2D eigenvalue weighted by molar-refractivity contribution is 5.88. The van der Waals surface area contributed by atoms with Crippen LogP contribution in [0.25, 0.3) is 0 Å². The van der Waals surface area contributed by atoms with Crippen LogP contribution in [0, 0.1) is 5.41 Å². The van der Waals surface area contributed by atoms with Gasteiger partial charge in [0.1, 0.15) is 6.54 Å². The van der Waals surface area contributed by atoms with Crippen molar-refractivity contribution in [3.8, 4) is 0 Å². The maximum Gasteiger partial charge on any atom is 0.404 e. The maximum absolute atomic E-state index is 13.4. The number of nitrogens with one attached hydrogen (secondary N) is 1. The Hall–Kier alpha value is -1.31. The molecular formula is C13H21F3N2O3. The highest BCUT2D eigenvalue weighted by Gasteiger charge is 2.62. The van der Waals surface area contributed by atoms with Crippen molar-refractivity contribution in [2.45, 2.75) is 39.4 Å². The van der Waals surface area contributed by atoms with E-state index in [0.29, 0.717) is 0 Å². The van der Waals surface area contributed by atoms with Gasteiger partial charge in [-0.15, -0.1) is 0 Å². The lowest BCUT2D eigenvalue weighted by molar-refractivity contribution is -0.223. The molecule has 21 heavy (non-hydrogen) atoms. The molecular weight excluding hydrogens is 289 g/mol. The predicted molar refractivity (Wildman–Crippen MR) is 69.5 cm³/mol. The van der Waals surface area contributed by atoms with Crippen LogP contribution in [0.1, 0.15) is 27.2 Å². The summed E-state index contributed by atoms with van der Waals surface area (Å²) in [6.07, 6.45) is -4.98. The first-order chi connectivity index (χ1) is 9.65. The summed E-state index contributed by atoms with van der Waals surface area (Å²) in [5.41, 5.74) is -2.45. The van der Waals surface area contributed by atoms with E-state index in [4.69, 9.17) is 4.74 Å². The molecule has 0 saturated carbocycles. The van der Waals surface area contributed by atoms with Crippen LogP contribution < -0.4 is 5.32 Å². The van der Waals surface area contributed by atoms with Gasteiger partial charge in [0.25, 0.3) is 0 Å². The molecule has 0 aromatic carbocycles. The third-order valence-electron chi connectivity index (χ3n) is 3.60. The van der Waals surface area contributed by atoms with Crippen molar-refractivity contribution >= 4 is 11.9 Å². The summed E-state index contributed by atoms with van der Waals surface area (Å²) in [5, 5.41) is 2.59. The minimum atomic E-state index is -4.66. The Morgan fingerprint density at radius 1 is 1.38 bits per heavy atom. The van der Waals surface area contributed by atoms with Gasteiger partial charge < -0.3 is 15.0 Å². The average Bonchev–Trinajstić information content (AvgIpc) is 2.85. The van der Waals surface area contributed by atoms with Gasteiger partial charge in [-0.3, -0.25) is 9.59 Å². The second-order valence-electron chi connectivity index (χ2n) is 5.34. The first kappa shape index (κ1) is 17.7. The van der Waals surface area contributed by atoms with Crippen molar-refractivity contribution in [3.63, 3.8) is 0 Å². The van der Waals surface area contributed by atoms with Crippen molar-refractivity contribution in [1.82, 2.24) is 10.2 Å². The Bertz CT molecular complexity index is 391. The zero-order valence-corrected chi connectivity index (χ0v) is 12.4. The molecule has 1 amide bonds. The molecule has 0 aromatic heterocycles. The molecule has 5 nitrogen and oxygen atoms in total. The zero-order chi connectivity index (χ0) is 16.3. The van der Waals surface area contributed by atoms with E-state index >= 15 is 0 Å². The Labute approximate surface area is 121 Å². The van der Waals surface area contributed by atoms with Crippen LogP contribution in [0.2, 0.25) is 0 Å². The third kappa shape index (κ3) is 3.66. The van der Waals surface area contributed by atoms with Crippen LogP contribution in [0.4, 0.5) is 13.2 Å². The van der Waals surface area contributed by atoms with E-state index in [0.717, 1.165) is 4.90 Å². The molecule has 1 rings (SSSR count). The number of ether oxygens (including phenoxy) is 1. The molecule has 122 valence electrons. The number of hydrogen-bond donors (Lipinski definition) is 1. The molecule has 0 spiro atoms. The highest BCUT2D eigenvalue weighted by atomic mass is 19.4. The molecule has 1 heterocycles. The fourth-order valence-electron chi connectivity index (χ4n) is 2.35. The molecule has 1 N–H and O–H groups in total. The lowest BCUT2D eigenvalue weighted by atomic mass is 9.84. The number of halogens is 3. The van der Waals surface area contributed by atoms with E-state index in [1.54, 1.807) is 20.8 Å². The summed E-state index contributed by atoms with van der Waals surface area (Å²) < 4.78 is 44.8. The quantitative estimate of drug-likeness (QED) is 0.778. The van der Waals surface area contributed by atoms with Crippen molar-refractivity contribution < 1.29 is 27.5 Å². The van der Waals surface area contributed by atoms with Gasteiger partial charge in [-0.05, 0) is 33.7 Å². The fourth-order valence-corrected chi connectivity index (χ4v) is 2.35. The van der Waals surface area contributed by atoms with Gasteiger partial charge in [0.2, 0.25) is 5.91 Å². The first-order valence-corrected chi connectivity index (χ1v) is 6.90. The van der Waals surface area contributed by atoms with Gasteiger partial charge >= 0.3 is 12.1 Å². The number of carbonyl (C=O) groups excluding carboxylic acids is 2. The summed E-state index contributed by atoms with van der Waals surface area (Å²) in [6, 6.07) is -0.526. The minimum Gasteiger partial charge on any atom is -0.465 e. The van der Waals surface area contributed by atoms with Gasteiger partial charge in [0, 0.05) is 12.6 Å². The van der Waals surface area contributed by atoms with E-state index in [2.05, 4.69) is 5.32 Å². The molecule has 8 heteroatoms. The van der Waals surface area contributed by atoms with E-state index in [-0.39, 0.29) is 19.6 Å². The van der Waals surface area contributed by atoms with E-state index in [1.165, 1.54) is 0 Å². The Morgan fingerprint density at radius 2 is 2.00 bits per heavy atom. The summed E-state index contributed by atoms with van der Waals surface area (Å²) in [5.74, 6) is -1.77. The minimum absolute atomic E-state index is 0.116. The number of esters is 1. The van der Waals surface area contributed by atoms with E-state index in [9.17, 15) is 22.8 Å². The van der Waals surface area contributed by atoms with Crippen LogP contribution in [0.15, 0.2) is 0 Å². The number of amides is 1. The van der Waals surface area contributed by atoms with Crippen molar-refractivity contribution in [2.24, 2.45) is 5.41 Å². The van der Waals surface area contributed by atoms with Gasteiger partial charge in [0.15, 0.2) is 5.41 Å². The average molecular weight is 310 g/mol. The second-order valence-corrected chi connectivity index (χ2v) is 5.34. The summed E-state index contributed by atoms with van der Waals surface area (Å²) >= 11 is 0. The number of rotatable bonds is 5. The number of carbonyl (C=O) groups is 2. The smallest absolute Gasteiger partial charge is 0.404 e. The number of alkyl halides is 3. The summed E-state index contributed by atoms with van der Waals surface area (Å²) in [4.78, 5) is 24.9. The monoisotopic (exact) mass is 310 g/mol. The number of hydrogen-bond acceptors (Lipinski definition) is 4. The van der Waals surface area contributed by atoms with Gasteiger partial charge in [-0.1, -0.05) is 0 Å². The topological polar surface area (TPSA) is 58.6 Å². The van der Waals surface area contributed by atoms with Crippen LogP contribution in [0.3, 0.4) is 0 Å². The van der Waals surface area contributed by atoms with Crippen LogP contribution in [0.5, 0.6) is 0 Å². The third-order valence-corrected chi connectivity index (χ3v) is 3.60. The van der Waals surface area contributed by atoms with E-state index < -0.39 is 42.6 Å². The van der Waals surface area contributed by atoms with Gasteiger partial charge in [-0.2, -0.15) is 13.2 Å². The first-order valence-electron chi connectivity index (χ1n) is 6.90. The Kier molecular flexibility index (Phi) is 5.61. The van der Waals surface area contributed by atoms with Crippen molar-refractivity contribution in [1.29, 1.82) is 0 Å². The molecule has 0 aromatic rings. The molecule has 0 aliphatic carbocycles. The normalized spacial score (nSPS) is 22.4. The number of nitrogens with zero attached hydrogens (tertiary/aromatic N) is 1. The lowest BCUT2D eigenvalue weighted by Gasteiger charge is -2.36. The van der Waals surface area contributed by atoms with Crippen LogP contribution in [-0.4, -0.2) is 55.2 Å². The zero-order valence-electron chi connectivity index (χ0n) is 12.4. The maximum atomic E-state index is 13.4. The van der Waals surface area contributed by atoms with Crippen molar-refractivity contribution in [2.75, 3.05) is 26.2 Å². The molecule has 1 unspecified atom stereocenters. The molecule has 0 radical (unpaired) electrons. The van der Waals surface area contributed by atoms with E-state index in [1.807, 2.05) is 0 Å². The SMILES string of the molecule is CCOC(=O)CN(C(=O)C1(C(F)(F)F)CCNC1)C(C)C. The fraction of sp³-hybridized carbons (Fsp3) is 0.846. The molecule has 1 aliphatic rings. The summed E-state index contributed by atoms with van der Waals surface area (Å²) in [6.45, 7) is 4.05.